The Hall–Kier alpha value is -0.0800. The van der Waals surface area contributed by atoms with Gasteiger partial charge < -0.3 is 5.11 Å². The van der Waals surface area contributed by atoms with E-state index in [4.69, 9.17) is 0 Å². The van der Waals surface area contributed by atoms with Gasteiger partial charge in [0.2, 0.25) is 0 Å². The molecule has 10 atom stereocenters. The first kappa shape index (κ1) is 16.8. The summed E-state index contributed by atoms with van der Waals surface area (Å²) in [7, 11) is 0. The number of fused-ring (bicyclic) bond motifs is 6. The number of likely N-dealkylation sites (tertiary alicyclic amines) is 1. The Bertz CT molecular complexity index is 585. The van der Waals surface area contributed by atoms with Crippen molar-refractivity contribution >= 4 is 0 Å². The summed E-state index contributed by atoms with van der Waals surface area (Å²) < 4.78 is 0. The third-order valence-electron chi connectivity index (χ3n) is 11.0. The van der Waals surface area contributed by atoms with Crippen LogP contribution in [0.25, 0.3) is 0 Å². The first-order valence-corrected chi connectivity index (χ1v) is 11.9. The van der Waals surface area contributed by atoms with Crippen LogP contribution in [0.1, 0.15) is 78.1 Å². The van der Waals surface area contributed by atoms with E-state index in [1.54, 1.807) is 19.3 Å². The molecule has 0 bridgehead atoms. The molecular formula is C24H39NO. The molecule has 1 saturated heterocycles. The Morgan fingerprint density at radius 2 is 1.65 bits per heavy atom. The molecule has 2 nitrogen and oxygen atoms in total. The minimum absolute atomic E-state index is 0.0729. The van der Waals surface area contributed by atoms with Crippen molar-refractivity contribution in [2.45, 2.75) is 90.2 Å². The predicted octanol–water partition coefficient (Wildman–Crippen LogP) is 4.71. The highest BCUT2D eigenvalue weighted by Gasteiger charge is 2.64. The van der Waals surface area contributed by atoms with Crippen molar-refractivity contribution in [1.82, 2.24) is 4.90 Å². The highest BCUT2D eigenvalue weighted by atomic mass is 16.3. The van der Waals surface area contributed by atoms with Gasteiger partial charge in [0.1, 0.15) is 0 Å². The zero-order valence-electron chi connectivity index (χ0n) is 17.0. The van der Waals surface area contributed by atoms with Crippen molar-refractivity contribution in [2.75, 3.05) is 13.1 Å². The number of aliphatic hydroxyl groups is 1. The maximum absolute atomic E-state index is 11.4. The fourth-order valence-electron chi connectivity index (χ4n) is 9.43. The lowest BCUT2D eigenvalue weighted by Crippen LogP contribution is -2.54. The van der Waals surface area contributed by atoms with Crippen LogP contribution >= 0.6 is 0 Å². The van der Waals surface area contributed by atoms with Gasteiger partial charge in [0, 0.05) is 6.04 Å². The van der Waals surface area contributed by atoms with E-state index in [1.165, 1.54) is 58.0 Å². The van der Waals surface area contributed by atoms with Crippen LogP contribution in [0.4, 0.5) is 0 Å². The van der Waals surface area contributed by atoms with E-state index in [1.807, 2.05) is 0 Å². The normalized spacial score (nSPS) is 61.5. The average Bonchev–Trinajstić information content (AvgIpc) is 3.02. The standard InChI is InChI=1S/C24H39NO/c1-23-8-7-19-18(6-5-17-12-15-11-16(15)14-24(17,19)2)20(23)13-21(22(23)26)25-9-3-4-10-25/h15-22,26H,3-14H2,1-2H3/t15-,16+,17?,18?,19?,20?,21+,22-,23?,24?/m0/s1. The van der Waals surface area contributed by atoms with Gasteiger partial charge in [0.25, 0.3) is 0 Å². The first-order valence-electron chi connectivity index (χ1n) is 11.9. The molecule has 1 N–H and O–H groups in total. The summed E-state index contributed by atoms with van der Waals surface area (Å²) in [5.41, 5.74) is 0.840. The van der Waals surface area contributed by atoms with Crippen LogP contribution in [-0.2, 0) is 0 Å². The predicted molar refractivity (Wildman–Crippen MR) is 105 cm³/mol. The van der Waals surface area contributed by atoms with Crippen LogP contribution in [0.15, 0.2) is 0 Å². The molecule has 6 unspecified atom stereocenters. The largest absolute Gasteiger partial charge is 0.391 e. The van der Waals surface area contributed by atoms with Crippen molar-refractivity contribution in [2.24, 2.45) is 46.3 Å². The molecule has 146 valence electrons. The van der Waals surface area contributed by atoms with Crippen LogP contribution in [0.2, 0.25) is 0 Å². The summed E-state index contributed by atoms with van der Waals surface area (Å²) >= 11 is 0. The summed E-state index contributed by atoms with van der Waals surface area (Å²) in [6.45, 7) is 7.65. The highest BCUT2D eigenvalue weighted by molar-refractivity contribution is 5.14. The van der Waals surface area contributed by atoms with Crippen LogP contribution in [-0.4, -0.2) is 35.2 Å². The minimum atomic E-state index is -0.0729. The van der Waals surface area contributed by atoms with Gasteiger partial charge in [-0.2, -0.15) is 0 Å². The smallest absolute Gasteiger partial charge is 0.0751 e. The van der Waals surface area contributed by atoms with Crippen molar-refractivity contribution < 1.29 is 5.11 Å². The lowest BCUT2D eigenvalue weighted by atomic mass is 9.45. The van der Waals surface area contributed by atoms with Gasteiger partial charge in [-0.3, -0.25) is 4.90 Å². The van der Waals surface area contributed by atoms with Crippen LogP contribution < -0.4 is 0 Å². The van der Waals surface area contributed by atoms with Gasteiger partial charge in [-0.1, -0.05) is 13.8 Å². The molecule has 5 saturated carbocycles. The third kappa shape index (κ3) is 2.12. The highest BCUT2D eigenvalue weighted by Crippen LogP contribution is 2.70. The van der Waals surface area contributed by atoms with E-state index in [-0.39, 0.29) is 11.5 Å². The SMILES string of the molecule is CC12C[C@H]3C[C@H]3CC1CCC1C2CCC2(C)C1C[C@@H](N1CCCC1)[C@@H]2O. The maximum Gasteiger partial charge on any atom is 0.0751 e. The molecular weight excluding hydrogens is 318 g/mol. The fraction of sp³-hybridized carbons (Fsp3) is 1.00. The van der Waals surface area contributed by atoms with Gasteiger partial charge in [0.15, 0.2) is 0 Å². The molecule has 1 aliphatic heterocycles. The summed E-state index contributed by atoms with van der Waals surface area (Å²) in [4.78, 5) is 2.66. The molecule has 26 heavy (non-hydrogen) atoms. The van der Waals surface area contributed by atoms with Crippen molar-refractivity contribution in [1.29, 1.82) is 0 Å². The first-order chi connectivity index (χ1) is 12.5. The maximum atomic E-state index is 11.4. The van der Waals surface area contributed by atoms with Gasteiger partial charge >= 0.3 is 0 Å². The Kier molecular flexibility index (Phi) is 3.56. The second-order valence-corrected chi connectivity index (χ2v) is 11.9. The molecule has 2 heteroatoms. The lowest BCUT2D eigenvalue weighted by Gasteiger charge is -2.60. The third-order valence-corrected chi connectivity index (χ3v) is 11.0. The van der Waals surface area contributed by atoms with E-state index in [0.29, 0.717) is 11.5 Å². The van der Waals surface area contributed by atoms with Gasteiger partial charge in [0.05, 0.1) is 6.10 Å². The van der Waals surface area contributed by atoms with Gasteiger partial charge in [-0.25, -0.2) is 0 Å². The van der Waals surface area contributed by atoms with E-state index in [0.717, 1.165) is 35.5 Å². The molecule has 6 rings (SSSR count). The molecule has 5 aliphatic carbocycles. The topological polar surface area (TPSA) is 23.5 Å². The summed E-state index contributed by atoms with van der Waals surface area (Å²) in [6.07, 6.45) is 14.3. The zero-order chi connectivity index (χ0) is 17.7. The summed E-state index contributed by atoms with van der Waals surface area (Å²) in [5.74, 6) is 5.90. The van der Waals surface area contributed by atoms with Crippen molar-refractivity contribution in [3.63, 3.8) is 0 Å². The Morgan fingerprint density at radius 1 is 0.846 bits per heavy atom. The number of aliphatic hydroxyl groups excluding tert-OH is 1. The second-order valence-electron chi connectivity index (χ2n) is 11.9. The molecule has 1 heterocycles. The van der Waals surface area contributed by atoms with E-state index in [9.17, 15) is 5.11 Å². The molecule has 0 aromatic rings. The number of rotatable bonds is 1. The number of hydrogen-bond acceptors (Lipinski definition) is 2. The Balaban J connectivity index is 1.29. The number of nitrogens with zero attached hydrogens (tertiary/aromatic N) is 1. The molecule has 0 aromatic carbocycles. The van der Waals surface area contributed by atoms with Gasteiger partial charge in [-0.05, 0) is 124 Å². The van der Waals surface area contributed by atoms with Crippen LogP contribution in [0, 0.1) is 46.3 Å². The molecule has 0 aromatic heterocycles. The van der Waals surface area contributed by atoms with Crippen LogP contribution in [0.5, 0.6) is 0 Å². The van der Waals surface area contributed by atoms with E-state index in [2.05, 4.69) is 18.7 Å². The minimum Gasteiger partial charge on any atom is -0.391 e. The molecule has 6 fully saturated rings. The van der Waals surface area contributed by atoms with Gasteiger partial charge in [-0.15, -0.1) is 0 Å². The second kappa shape index (κ2) is 5.50. The molecule has 0 radical (unpaired) electrons. The molecule has 0 spiro atoms. The molecule has 6 aliphatic rings. The monoisotopic (exact) mass is 357 g/mol. The van der Waals surface area contributed by atoms with E-state index >= 15 is 0 Å². The lowest BCUT2D eigenvalue weighted by molar-refractivity contribution is -0.123. The summed E-state index contributed by atoms with van der Waals surface area (Å²) in [6, 6.07) is 0.468. The quantitative estimate of drug-likeness (QED) is 0.734. The van der Waals surface area contributed by atoms with Crippen molar-refractivity contribution in [3.05, 3.63) is 0 Å². The van der Waals surface area contributed by atoms with Crippen LogP contribution in [0.3, 0.4) is 0 Å². The average molecular weight is 358 g/mol. The Morgan fingerprint density at radius 3 is 2.46 bits per heavy atom. The fourth-order valence-corrected chi connectivity index (χ4v) is 9.43. The number of hydrogen-bond donors (Lipinski definition) is 1. The van der Waals surface area contributed by atoms with Crippen molar-refractivity contribution in [3.8, 4) is 0 Å². The Labute approximate surface area is 160 Å². The molecule has 0 amide bonds. The summed E-state index contributed by atoms with van der Waals surface area (Å²) in [5, 5.41) is 11.4. The van der Waals surface area contributed by atoms with E-state index < -0.39 is 0 Å². The zero-order valence-corrected chi connectivity index (χ0v) is 17.0.